The number of carbonyl (C=O) groups is 1. The molecule has 21 heavy (non-hydrogen) atoms. The Morgan fingerprint density at radius 1 is 1.05 bits per heavy atom. The van der Waals surface area contributed by atoms with E-state index in [0.29, 0.717) is 0 Å². The lowest BCUT2D eigenvalue weighted by molar-refractivity contribution is -0.117. The fraction of sp³-hybridized carbons (Fsp3) is 0.167. The third-order valence-electron chi connectivity index (χ3n) is 3.81. The topological polar surface area (TPSA) is 42.2 Å². The van der Waals surface area contributed by atoms with Gasteiger partial charge in [0.2, 0.25) is 5.91 Å². The SMILES string of the molecule is O=C(Nc1ccc(-c2cc3ccccc3o2)cc1)C1CC1. The Morgan fingerprint density at radius 2 is 1.81 bits per heavy atom. The van der Waals surface area contributed by atoms with Crippen molar-refractivity contribution >= 4 is 22.6 Å². The molecule has 1 heterocycles. The Bertz CT molecular complexity index is 764. The van der Waals surface area contributed by atoms with Crippen LogP contribution < -0.4 is 5.32 Å². The monoisotopic (exact) mass is 277 g/mol. The second-order valence-corrected chi connectivity index (χ2v) is 5.49. The zero-order valence-electron chi connectivity index (χ0n) is 11.5. The summed E-state index contributed by atoms with van der Waals surface area (Å²) in [6, 6.07) is 17.8. The first-order chi connectivity index (χ1) is 10.3. The highest BCUT2D eigenvalue weighted by Gasteiger charge is 2.29. The van der Waals surface area contributed by atoms with Gasteiger partial charge in [0.15, 0.2) is 0 Å². The zero-order chi connectivity index (χ0) is 14.2. The molecule has 3 aromatic rings. The standard InChI is InChI=1S/C18H15NO2/c20-18(13-5-6-13)19-15-9-7-12(8-10-15)17-11-14-3-1-2-4-16(14)21-17/h1-4,7-11,13H,5-6H2,(H,19,20). The number of carbonyl (C=O) groups excluding carboxylic acids is 1. The van der Waals surface area contributed by atoms with Crippen LogP contribution in [0.3, 0.4) is 0 Å². The highest BCUT2D eigenvalue weighted by atomic mass is 16.3. The molecule has 1 N–H and O–H groups in total. The van der Waals surface area contributed by atoms with Crippen molar-refractivity contribution in [2.24, 2.45) is 5.92 Å². The van der Waals surface area contributed by atoms with Crippen LogP contribution in [0.1, 0.15) is 12.8 Å². The predicted octanol–water partition coefficient (Wildman–Crippen LogP) is 4.45. The van der Waals surface area contributed by atoms with Crippen molar-refractivity contribution in [3.05, 3.63) is 54.6 Å². The molecule has 4 rings (SSSR count). The third kappa shape index (κ3) is 2.42. The molecule has 0 radical (unpaired) electrons. The molecule has 0 aliphatic heterocycles. The van der Waals surface area contributed by atoms with Gasteiger partial charge in [0.25, 0.3) is 0 Å². The number of hydrogen-bond acceptors (Lipinski definition) is 2. The van der Waals surface area contributed by atoms with Gasteiger partial charge < -0.3 is 9.73 Å². The van der Waals surface area contributed by atoms with Crippen molar-refractivity contribution in [2.45, 2.75) is 12.8 Å². The number of para-hydroxylation sites is 1. The van der Waals surface area contributed by atoms with Gasteiger partial charge in [-0.1, -0.05) is 18.2 Å². The average Bonchev–Trinajstić information content (AvgIpc) is 3.27. The van der Waals surface area contributed by atoms with Crippen molar-refractivity contribution < 1.29 is 9.21 Å². The van der Waals surface area contributed by atoms with Gasteiger partial charge in [-0.3, -0.25) is 4.79 Å². The number of anilines is 1. The van der Waals surface area contributed by atoms with E-state index in [1.54, 1.807) is 0 Å². The largest absolute Gasteiger partial charge is 0.456 e. The molecule has 104 valence electrons. The molecule has 1 aliphatic carbocycles. The third-order valence-corrected chi connectivity index (χ3v) is 3.81. The van der Waals surface area contributed by atoms with Gasteiger partial charge in [-0.25, -0.2) is 0 Å². The smallest absolute Gasteiger partial charge is 0.227 e. The van der Waals surface area contributed by atoms with Crippen molar-refractivity contribution in [1.82, 2.24) is 0 Å². The van der Waals surface area contributed by atoms with Gasteiger partial charge in [0.05, 0.1) is 0 Å². The summed E-state index contributed by atoms with van der Waals surface area (Å²) in [6.07, 6.45) is 2.03. The molecular weight excluding hydrogens is 262 g/mol. The maximum atomic E-state index is 11.7. The summed E-state index contributed by atoms with van der Waals surface area (Å²) in [4.78, 5) is 11.7. The molecule has 1 amide bonds. The van der Waals surface area contributed by atoms with Crippen LogP contribution in [-0.4, -0.2) is 5.91 Å². The van der Waals surface area contributed by atoms with E-state index in [1.165, 1.54) is 0 Å². The van der Waals surface area contributed by atoms with E-state index in [1.807, 2.05) is 54.6 Å². The lowest BCUT2D eigenvalue weighted by atomic mass is 10.1. The summed E-state index contributed by atoms with van der Waals surface area (Å²) < 4.78 is 5.84. The molecule has 1 fully saturated rings. The van der Waals surface area contributed by atoms with Crippen molar-refractivity contribution in [1.29, 1.82) is 0 Å². The van der Waals surface area contributed by atoms with Gasteiger partial charge >= 0.3 is 0 Å². The molecule has 2 aromatic carbocycles. The first kappa shape index (κ1) is 12.2. The molecule has 3 nitrogen and oxygen atoms in total. The molecule has 3 heteroatoms. The van der Waals surface area contributed by atoms with E-state index >= 15 is 0 Å². The minimum Gasteiger partial charge on any atom is -0.456 e. The van der Waals surface area contributed by atoms with E-state index in [2.05, 4.69) is 5.32 Å². The van der Waals surface area contributed by atoms with Crippen LogP contribution in [0, 0.1) is 5.92 Å². The normalized spacial score (nSPS) is 14.3. The molecule has 0 atom stereocenters. The maximum Gasteiger partial charge on any atom is 0.227 e. The zero-order valence-corrected chi connectivity index (χ0v) is 11.5. The van der Waals surface area contributed by atoms with Gasteiger partial charge in [0, 0.05) is 22.6 Å². The fourth-order valence-electron chi connectivity index (χ4n) is 2.43. The maximum absolute atomic E-state index is 11.7. The number of amides is 1. The highest BCUT2D eigenvalue weighted by molar-refractivity contribution is 5.94. The van der Waals surface area contributed by atoms with E-state index in [0.717, 1.165) is 40.8 Å². The minimum atomic E-state index is 0.131. The summed E-state index contributed by atoms with van der Waals surface area (Å²) in [5.41, 5.74) is 2.74. The Balaban J connectivity index is 1.58. The van der Waals surface area contributed by atoms with Gasteiger partial charge in [-0.15, -0.1) is 0 Å². The van der Waals surface area contributed by atoms with Crippen LogP contribution in [0.2, 0.25) is 0 Å². The van der Waals surface area contributed by atoms with Crippen LogP contribution in [0.15, 0.2) is 59.0 Å². The molecule has 0 bridgehead atoms. The molecule has 0 unspecified atom stereocenters. The summed E-state index contributed by atoms with van der Waals surface area (Å²) in [5, 5.41) is 4.04. The van der Waals surface area contributed by atoms with E-state index in [-0.39, 0.29) is 11.8 Å². The van der Waals surface area contributed by atoms with Crippen LogP contribution in [-0.2, 0) is 4.79 Å². The van der Waals surface area contributed by atoms with E-state index in [4.69, 9.17) is 4.42 Å². The summed E-state index contributed by atoms with van der Waals surface area (Å²) in [6.45, 7) is 0. The molecule has 1 saturated carbocycles. The highest BCUT2D eigenvalue weighted by Crippen LogP contribution is 2.31. The number of nitrogens with one attached hydrogen (secondary N) is 1. The molecule has 0 spiro atoms. The number of furan rings is 1. The second kappa shape index (κ2) is 4.77. The Morgan fingerprint density at radius 3 is 2.52 bits per heavy atom. The van der Waals surface area contributed by atoms with Crippen LogP contribution in [0.25, 0.3) is 22.3 Å². The molecular formula is C18H15NO2. The summed E-state index contributed by atoms with van der Waals surface area (Å²) in [7, 11) is 0. The van der Waals surface area contributed by atoms with E-state index < -0.39 is 0 Å². The number of fused-ring (bicyclic) bond motifs is 1. The number of hydrogen-bond donors (Lipinski definition) is 1. The van der Waals surface area contributed by atoms with Crippen LogP contribution in [0.5, 0.6) is 0 Å². The van der Waals surface area contributed by atoms with Crippen LogP contribution >= 0.6 is 0 Å². The first-order valence-electron chi connectivity index (χ1n) is 7.19. The Hall–Kier alpha value is -2.55. The molecule has 0 saturated heterocycles. The number of rotatable bonds is 3. The lowest BCUT2D eigenvalue weighted by Crippen LogP contribution is -2.12. The van der Waals surface area contributed by atoms with Crippen molar-refractivity contribution in [3.8, 4) is 11.3 Å². The fourth-order valence-corrected chi connectivity index (χ4v) is 2.43. The van der Waals surface area contributed by atoms with Crippen molar-refractivity contribution in [3.63, 3.8) is 0 Å². The Labute approximate surface area is 122 Å². The first-order valence-corrected chi connectivity index (χ1v) is 7.19. The molecule has 1 aliphatic rings. The summed E-state index contributed by atoms with van der Waals surface area (Å²) >= 11 is 0. The second-order valence-electron chi connectivity index (χ2n) is 5.49. The average molecular weight is 277 g/mol. The van der Waals surface area contributed by atoms with E-state index in [9.17, 15) is 4.79 Å². The van der Waals surface area contributed by atoms with Crippen molar-refractivity contribution in [2.75, 3.05) is 5.32 Å². The lowest BCUT2D eigenvalue weighted by Gasteiger charge is -2.04. The number of benzene rings is 2. The molecule has 1 aromatic heterocycles. The summed E-state index contributed by atoms with van der Waals surface area (Å²) in [5.74, 6) is 1.20. The van der Waals surface area contributed by atoms with Gasteiger partial charge in [0.1, 0.15) is 11.3 Å². The predicted molar refractivity (Wildman–Crippen MR) is 83.0 cm³/mol. The quantitative estimate of drug-likeness (QED) is 0.768. The van der Waals surface area contributed by atoms with Gasteiger partial charge in [-0.2, -0.15) is 0 Å². The Kier molecular flexibility index (Phi) is 2.78. The van der Waals surface area contributed by atoms with Crippen LogP contribution in [0.4, 0.5) is 5.69 Å². The minimum absolute atomic E-state index is 0.131. The van der Waals surface area contributed by atoms with Gasteiger partial charge in [-0.05, 0) is 49.2 Å².